The summed E-state index contributed by atoms with van der Waals surface area (Å²) in [5.41, 5.74) is 6.32. The molecule has 5 aromatic rings. The topological polar surface area (TPSA) is 157 Å². The van der Waals surface area contributed by atoms with Gasteiger partial charge in [0.15, 0.2) is 18.2 Å². The zero-order valence-electron chi connectivity index (χ0n) is 22.4. The van der Waals surface area contributed by atoms with Crippen LogP contribution < -0.4 is 10.1 Å². The van der Waals surface area contributed by atoms with Crippen molar-refractivity contribution >= 4 is 16.8 Å². The number of hydrogen-bond acceptors (Lipinski definition) is 9. The second-order valence-corrected chi connectivity index (χ2v) is 9.53. The van der Waals surface area contributed by atoms with Crippen LogP contribution in [0.3, 0.4) is 0 Å². The van der Waals surface area contributed by atoms with Gasteiger partial charge in [0.05, 0.1) is 73.8 Å². The highest BCUT2D eigenvalue weighted by atomic mass is 16.5. The fourth-order valence-corrected chi connectivity index (χ4v) is 5.10. The summed E-state index contributed by atoms with van der Waals surface area (Å²) in [6.45, 7) is 2.32. The summed E-state index contributed by atoms with van der Waals surface area (Å²) in [6, 6.07) is 13.3. The SMILES string of the molecule is CNC(=O)c1cc(-n2ncc3c2CN(C#N)C3)ccc1OC.N#CN1Cc2cnn(-c3n[nH]c4ccccc34)c2C1. The van der Waals surface area contributed by atoms with Gasteiger partial charge in [0, 0.05) is 23.6 Å². The fraction of sp³-hybridized carbons (Fsp3) is 0.214. The number of carbonyl (C=O) groups excluding carboxylic acids is 1. The Morgan fingerprint density at radius 2 is 1.61 bits per heavy atom. The van der Waals surface area contributed by atoms with Gasteiger partial charge in [-0.05, 0) is 30.3 Å². The minimum atomic E-state index is -0.221. The van der Waals surface area contributed by atoms with Crippen molar-refractivity contribution in [2.24, 2.45) is 0 Å². The first-order chi connectivity index (χ1) is 20.0. The molecule has 0 spiro atoms. The quantitative estimate of drug-likeness (QED) is 0.323. The predicted molar refractivity (Wildman–Crippen MR) is 146 cm³/mol. The number of H-pyrrole nitrogens is 1. The van der Waals surface area contributed by atoms with Crippen molar-refractivity contribution in [2.45, 2.75) is 26.2 Å². The molecule has 13 nitrogen and oxygen atoms in total. The number of methoxy groups -OCH3 is 1. The van der Waals surface area contributed by atoms with E-state index in [2.05, 4.69) is 38.1 Å². The second kappa shape index (κ2) is 10.4. The van der Waals surface area contributed by atoms with Gasteiger partial charge in [0.25, 0.3) is 5.91 Å². The molecule has 5 heterocycles. The number of rotatable bonds is 4. The van der Waals surface area contributed by atoms with Gasteiger partial charge in [0.1, 0.15) is 5.75 Å². The molecule has 0 atom stereocenters. The van der Waals surface area contributed by atoms with Crippen LogP contribution in [0.5, 0.6) is 5.75 Å². The molecule has 1 amide bonds. The van der Waals surface area contributed by atoms with Crippen LogP contribution in [0.1, 0.15) is 32.9 Å². The molecule has 0 aliphatic carbocycles. The third-order valence-corrected chi connectivity index (χ3v) is 7.15. The van der Waals surface area contributed by atoms with Crippen LogP contribution in [0.25, 0.3) is 22.4 Å². The molecule has 2 aliphatic rings. The third kappa shape index (κ3) is 4.45. The highest BCUT2D eigenvalue weighted by Crippen LogP contribution is 2.28. The first-order valence-electron chi connectivity index (χ1n) is 12.8. The van der Waals surface area contributed by atoms with Crippen LogP contribution in [-0.4, -0.2) is 59.6 Å². The van der Waals surface area contributed by atoms with Gasteiger partial charge in [-0.2, -0.15) is 25.8 Å². The molecule has 2 aromatic carbocycles. The number of benzene rings is 2. The Bertz CT molecular complexity index is 1850. The van der Waals surface area contributed by atoms with Gasteiger partial charge in [0.2, 0.25) is 0 Å². The van der Waals surface area contributed by atoms with Gasteiger partial charge in [-0.3, -0.25) is 9.89 Å². The highest BCUT2D eigenvalue weighted by Gasteiger charge is 2.25. The second-order valence-electron chi connectivity index (χ2n) is 9.53. The van der Waals surface area contributed by atoms with E-state index >= 15 is 0 Å². The molecule has 3 aromatic heterocycles. The number of hydrogen-bond donors (Lipinski definition) is 2. The maximum atomic E-state index is 12.0. The van der Waals surface area contributed by atoms with Crippen molar-refractivity contribution in [3.8, 4) is 29.6 Å². The molecule has 0 radical (unpaired) electrons. The average molecular weight is 548 g/mol. The van der Waals surface area contributed by atoms with Crippen LogP contribution in [-0.2, 0) is 26.2 Å². The Hall–Kier alpha value is -5.82. The smallest absolute Gasteiger partial charge is 0.254 e. The summed E-state index contributed by atoms with van der Waals surface area (Å²) < 4.78 is 8.81. The van der Waals surface area contributed by atoms with E-state index in [4.69, 9.17) is 15.3 Å². The molecule has 7 rings (SSSR count). The van der Waals surface area contributed by atoms with Crippen LogP contribution in [0, 0.1) is 22.9 Å². The summed E-state index contributed by atoms with van der Waals surface area (Å²) >= 11 is 0. The van der Waals surface area contributed by atoms with Crippen molar-refractivity contribution in [2.75, 3.05) is 14.2 Å². The molecular weight excluding hydrogens is 522 g/mol. The summed E-state index contributed by atoms with van der Waals surface area (Å²) in [5.74, 6) is 1.07. The van der Waals surface area contributed by atoms with E-state index in [1.54, 1.807) is 39.9 Å². The molecule has 0 unspecified atom stereocenters. The summed E-state index contributed by atoms with van der Waals surface area (Å²) in [7, 11) is 3.10. The Morgan fingerprint density at radius 1 is 0.951 bits per heavy atom. The number of para-hydroxylation sites is 1. The van der Waals surface area contributed by atoms with Crippen LogP contribution in [0.2, 0.25) is 0 Å². The zero-order chi connectivity index (χ0) is 28.5. The molecule has 0 fully saturated rings. The Labute approximate surface area is 234 Å². The lowest BCUT2D eigenvalue weighted by atomic mass is 10.1. The number of amides is 1. The number of ether oxygens (including phenoxy) is 1. The standard InChI is InChI=1S/C15H15N5O2.C13H10N6/c1-17-15(21)12-5-11(3-4-14(12)22-2)20-13-8-19(9-16)7-10(13)6-18-20;14-8-18-6-9-5-15-19(12(9)7-18)13-10-3-1-2-4-11(10)16-17-13/h3-6H,7-8H2,1-2H3,(H,17,21);1-5H,6-7H2,(H,16,17). The van der Waals surface area contributed by atoms with Crippen LogP contribution >= 0.6 is 0 Å². The molecule has 2 N–H and O–H groups in total. The minimum Gasteiger partial charge on any atom is -0.496 e. The van der Waals surface area contributed by atoms with Gasteiger partial charge >= 0.3 is 0 Å². The van der Waals surface area contributed by atoms with E-state index in [-0.39, 0.29) is 5.91 Å². The van der Waals surface area contributed by atoms with E-state index in [9.17, 15) is 4.79 Å². The number of nitriles is 2. The van der Waals surface area contributed by atoms with Crippen molar-refractivity contribution in [3.05, 3.63) is 82.9 Å². The van der Waals surface area contributed by atoms with Crippen molar-refractivity contribution in [1.29, 1.82) is 10.5 Å². The predicted octanol–water partition coefficient (Wildman–Crippen LogP) is 2.58. The number of nitrogens with zero attached hydrogens (tertiary/aromatic N) is 9. The average Bonchev–Trinajstić information content (AvgIpc) is 3.82. The van der Waals surface area contributed by atoms with E-state index in [1.165, 1.54) is 7.11 Å². The summed E-state index contributed by atoms with van der Waals surface area (Å²) in [4.78, 5) is 15.3. The number of aromatic amines is 1. The third-order valence-electron chi connectivity index (χ3n) is 7.15. The number of carbonyl (C=O) groups is 1. The monoisotopic (exact) mass is 547 g/mol. The Kier molecular flexibility index (Phi) is 6.45. The van der Waals surface area contributed by atoms with E-state index in [1.807, 2.05) is 41.2 Å². The Balaban J connectivity index is 0.000000149. The molecule has 2 aliphatic heterocycles. The normalized spacial score (nSPS) is 13.2. The minimum absolute atomic E-state index is 0.221. The van der Waals surface area contributed by atoms with Gasteiger partial charge in [-0.25, -0.2) is 9.36 Å². The fourth-order valence-electron chi connectivity index (χ4n) is 5.10. The zero-order valence-corrected chi connectivity index (χ0v) is 22.4. The van der Waals surface area contributed by atoms with E-state index < -0.39 is 0 Å². The molecule has 41 heavy (non-hydrogen) atoms. The largest absolute Gasteiger partial charge is 0.496 e. The molecular formula is C28H25N11O2. The number of nitrogens with one attached hydrogen (secondary N) is 2. The first kappa shape index (κ1) is 25.5. The summed E-state index contributed by atoms with van der Waals surface area (Å²) in [6.07, 6.45) is 7.89. The highest BCUT2D eigenvalue weighted by molar-refractivity contribution is 5.97. The van der Waals surface area contributed by atoms with Gasteiger partial charge < -0.3 is 19.9 Å². The van der Waals surface area contributed by atoms with Crippen molar-refractivity contribution < 1.29 is 9.53 Å². The molecule has 0 saturated heterocycles. The van der Waals surface area contributed by atoms with E-state index in [0.717, 1.165) is 44.9 Å². The van der Waals surface area contributed by atoms with Crippen LogP contribution in [0.15, 0.2) is 54.9 Å². The molecule has 13 heteroatoms. The lowest BCUT2D eigenvalue weighted by molar-refractivity contribution is 0.0960. The maximum absolute atomic E-state index is 12.0. The van der Waals surface area contributed by atoms with Crippen LogP contribution in [0.4, 0.5) is 0 Å². The molecule has 0 bridgehead atoms. The van der Waals surface area contributed by atoms with Crippen molar-refractivity contribution in [1.82, 2.24) is 44.9 Å². The summed E-state index contributed by atoms with van der Waals surface area (Å²) in [5, 5.41) is 37.7. The first-order valence-corrected chi connectivity index (χ1v) is 12.8. The van der Waals surface area contributed by atoms with E-state index in [0.29, 0.717) is 37.5 Å². The Morgan fingerprint density at radius 3 is 2.27 bits per heavy atom. The lowest BCUT2D eigenvalue weighted by Crippen LogP contribution is -2.19. The maximum Gasteiger partial charge on any atom is 0.254 e. The molecule has 204 valence electrons. The van der Waals surface area contributed by atoms with Gasteiger partial charge in [-0.1, -0.05) is 12.1 Å². The lowest BCUT2D eigenvalue weighted by Gasteiger charge is -2.12. The van der Waals surface area contributed by atoms with Gasteiger partial charge in [-0.15, -0.1) is 0 Å². The number of fused-ring (bicyclic) bond motifs is 3. The molecule has 0 saturated carbocycles. The van der Waals surface area contributed by atoms with Crippen molar-refractivity contribution in [3.63, 3.8) is 0 Å². The number of aromatic nitrogens is 6.